The van der Waals surface area contributed by atoms with Crippen molar-refractivity contribution in [3.8, 4) is 17.2 Å². The summed E-state index contributed by atoms with van der Waals surface area (Å²) in [7, 11) is 4.68. The summed E-state index contributed by atoms with van der Waals surface area (Å²) in [6.45, 7) is 0. The van der Waals surface area contributed by atoms with Crippen molar-refractivity contribution in [2.75, 3.05) is 32.4 Å². The highest BCUT2D eigenvalue weighted by atomic mass is 16.5. The third-order valence-corrected chi connectivity index (χ3v) is 3.64. The highest BCUT2D eigenvalue weighted by molar-refractivity contribution is 5.93. The second kappa shape index (κ2) is 8.10. The molecule has 0 saturated carbocycles. The van der Waals surface area contributed by atoms with Crippen molar-refractivity contribution in [1.82, 2.24) is 0 Å². The number of nitrogens with one attached hydrogen (secondary N) is 1. The van der Waals surface area contributed by atoms with E-state index in [1.807, 2.05) is 18.2 Å². The molecular formula is C18H22N2O4. The summed E-state index contributed by atoms with van der Waals surface area (Å²) in [6.07, 6.45) is 0.794. The molecule has 0 aliphatic carbocycles. The van der Waals surface area contributed by atoms with Crippen LogP contribution in [0, 0.1) is 0 Å². The van der Waals surface area contributed by atoms with Crippen LogP contribution in [0.15, 0.2) is 36.4 Å². The van der Waals surface area contributed by atoms with Gasteiger partial charge in [0.1, 0.15) is 0 Å². The third-order valence-electron chi connectivity index (χ3n) is 3.64. The van der Waals surface area contributed by atoms with Crippen LogP contribution in [0.2, 0.25) is 0 Å². The van der Waals surface area contributed by atoms with Gasteiger partial charge in [0.05, 0.1) is 32.7 Å². The van der Waals surface area contributed by atoms with Gasteiger partial charge in [0, 0.05) is 6.42 Å². The van der Waals surface area contributed by atoms with Crippen LogP contribution >= 0.6 is 0 Å². The van der Waals surface area contributed by atoms with E-state index in [4.69, 9.17) is 19.9 Å². The van der Waals surface area contributed by atoms with Gasteiger partial charge in [0.15, 0.2) is 11.5 Å². The van der Waals surface area contributed by atoms with Gasteiger partial charge in [-0.1, -0.05) is 18.2 Å². The largest absolute Gasteiger partial charge is 0.493 e. The Morgan fingerprint density at radius 3 is 2.33 bits per heavy atom. The maximum atomic E-state index is 12.2. The van der Waals surface area contributed by atoms with Crippen LogP contribution in [0.3, 0.4) is 0 Å². The molecule has 0 radical (unpaired) electrons. The van der Waals surface area contributed by atoms with Gasteiger partial charge in [-0.15, -0.1) is 0 Å². The first kappa shape index (κ1) is 17.5. The van der Waals surface area contributed by atoms with Crippen LogP contribution in [0.4, 0.5) is 11.4 Å². The van der Waals surface area contributed by atoms with E-state index in [0.29, 0.717) is 41.5 Å². The first-order valence-electron chi connectivity index (χ1n) is 7.53. The molecule has 2 aromatic carbocycles. The molecule has 0 spiro atoms. The van der Waals surface area contributed by atoms with Gasteiger partial charge in [-0.3, -0.25) is 4.79 Å². The molecule has 128 valence electrons. The monoisotopic (exact) mass is 330 g/mol. The number of amides is 1. The molecule has 0 bridgehead atoms. The maximum Gasteiger partial charge on any atom is 0.224 e. The molecule has 0 heterocycles. The highest BCUT2D eigenvalue weighted by Gasteiger charge is 2.16. The van der Waals surface area contributed by atoms with Crippen molar-refractivity contribution in [2.45, 2.75) is 12.8 Å². The fourth-order valence-electron chi connectivity index (χ4n) is 2.43. The number of anilines is 2. The smallest absolute Gasteiger partial charge is 0.224 e. The molecule has 0 saturated heterocycles. The van der Waals surface area contributed by atoms with Crippen molar-refractivity contribution < 1.29 is 19.0 Å². The number of nitrogen functional groups attached to an aromatic ring is 1. The number of nitrogens with two attached hydrogens (primary N) is 1. The summed E-state index contributed by atoms with van der Waals surface area (Å²) < 4.78 is 16.0. The normalized spacial score (nSPS) is 10.1. The molecule has 3 N–H and O–H groups in total. The first-order valence-corrected chi connectivity index (χ1v) is 7.53. The lowest BCUT2D eigenvalue weighted by Crippen LogP contribution is -2.13. The lowest BCUT2D eigenvalue weighted by atomic mass is 10.1. The molecule has 0 aliphatic rings. The van der Waals surface area contributed by atoms with E-state index < -0.39 is 0 Å². The molecule has 6 nitrogen and oxygen atoms in total. The fraction of sp³-hybridized carbons (Fsp3) is 0.278. The molecule has 0 fully saturated rings. The van der Waals surface area contributed by atoms with Crippen molar-refractivity contribution in [3.63, 3.8) is 0 Å². The van der Waals surface area contributed by atoms with Crippen LogP contribution < -0.4 is 25.3 Å². The lowest BCUT2D eigenvalue weighted by molar-refractivity contribution is -0.116. The third kappa shape index (κ3) is 3.90. The van der Waals surface area contributed by atoms with E-state index in [2.05, 4.69) is 5.32 Å². The quantitative estimate of drug-likeness (QED) is 0.763. The van der Waals surface area contributed by atoms with E-state index in [9.17, 15) is 4.79 Å². The topological polar surface area (TPSA) is 82.8 Å². The Morgan fingerprint density at radius 2 is 1.71 bits per heavy atom. The molecule has 2 rings (SSSR count). The number of hydrogen-bond acceptors (Lipinski definition) is 5. The van der Waals surface area contributed by atoms with E-state index >= 15 is 0 Å². The van der Waals surface area contributed by atoms with Gasteiger partial charge in [-0.05, 0) is 30.2 Å². The summed E-state index contributed by atoms with van der Waals surface area (Å²) in [5.74, 6) is 1.55. The number of hydrogen-bond donors (Lipinski definition) is 2. The molecule has 1 amide bonds. The number of carbonyl (C=O) groups excluding carboxylic acids is 1. The number of para-hydroxylation sites is 2. The molecule has 0 aliphatic heterocycles. The van der Waals surface area contributed by atoms with Crippen molar-refractivity contribution >= 4 is 17.3 Å². The van der Waals surface area contributed by atoms with Crippen LogP contribution in [0.25, 0.3) is 0 Å². The lowest BCUT2D eigenvalue weighted by Gasteiger charge is -2.15. The molecule has 0 aromatic heterocycles. The summed E-state index contributed by atoms with van der Waals surface area (Å²) in [5, 5.41) is 2.81. The van der Waals surface area contributed by atoms with E-state index in [0.717, 1.165) is 5.56 Å². The minimum atomic E-state index is -0.121. The first-order chi connectivity index (χ1) is 11.6. The fourth-order valence-corrected chi connectivity index (χ4v) is 2.43. The van der Waals surface area contributed by atoms with Crippen molar-refractivity contribution in [3.05, 3.63) is 42.0 Å². The Balaban J connectivity index is 2.09. The number of methoxy groups -OCH3 is 3. The van der Waals surface area contributed by atoms with E-state index in [-0.39, 0.29) is 5.91 Å². The Bertz CT molecular complexity index is 716. The van der Waals surface area contributed by atoms with Crippen LogP contribution in [-0.2, 0) is 11.2 Å². The van der Waals surface area contributed by atoms with Gasteiger partial charge in [-0.2, -0.15) is 0 Å². The summed E-state index contributed by atoms with van der Waals surface area (Å²) in [6, 6.07) is 10.8. The van der Waals surface area contributed by atoms with Crippen LogP contribution in [-0.4, -0.2) is 27.2 Å². The van der Waals surface area contributed by atoms with Crippen LogP contribution in [0.1, 0.15) is 12.0 Å². The van der Waals surface area contributed by atoms with Crippen molar-refractivity contribution in [2.24, 2.45) is 0 Å². The Labute approximate surface area is 141 Å². The standard InChI is InChI=1S/C18H22N2O4/c1-22-15-10-8-12(17(23-2)18(15)24-3)9-11-16(21)20-14-7-5-4-6-13(14)19/h4-8,10H,9,11,19H2,1-3H3,(H,20,21). The SMILES string of the molecule is COc1ccc(CCC(=O)Nc2ccccc2N)c(OC)c1OC. The zero-order valence-corrected chi connectivity index (χ0v) is 14.1. The average molecular weight is 330 g/mol. The zero-order chi connectivity index (χ0) is 17.5. The molecule has 6 heteroatoms. The predicted octanol–water partition coefficient (Wildman–Crippen LogP) is 2.87. The number of carbonyl (C=O) groups is 1. The molecular weight excluding hydrogens is 308 g/mol. The Kier molecular flexibility index (Phi) is 5.89. The number of aryl methyl sites for hydroxylation is 1. The molecule has 24 heavy (non-hydrogen) atoms. The zero-order valence-electron chi connectivity index (χ0n) is 14.1. The van der Waals surface area contributed by atoms with Gasteiger partial charge in [0.25, 0.3) is 0 Å². The number of ether oxygens (including phenoxy) is 3. The Hall–Kier alpha value is -2.89. The van der Waals surface area contributed by atoms with Crippen molar-refractivity contribution in [1.29, 1.82) is 0 Å². The minimum Gasteiger partial charge on any atom is -0.493 e. The van der Waals surface area contributed by atoms with Gasteiger partial charge in [-0.25, -0.2) is 0 Å². The summed E-state index contributed by atoms with van der Waals surface area (Å²) in [5.41, 5.74) is 7.84. The van der Waals surface area contributed by atoms with Gasteiger partial charge in [0.2, 0.25) is 11.7 Å². The highest BCUT2D eigenvalue weighted by Crippen LogP contribution is 2.40. The molecule has 0 atom stereocenters. The number of benzene rings is 2. The second-order valence-electron chi connectivity index (χ2n) is 5.13. The summed E-state index contributed by atoms with van der Waals surface area (Å²) >= 11 is 0. The van der Waals surface area contributed by atoms with Gasteiger partial charge < -0.3 is 25.3 Å². The summed E-state index contributed by atoms with van der Waals surface area (Å²) in [4.78, 5) is 12.2. The Morgan fingerprint density at radius 1 is 1.00 bits per heavy atom. The average Bonchev–Trinajstić information content (AvgIpc) is 2.60. The second-order valence-corrected chi connectivity index (χ2v) is 5.13. The van der Waals surface area contributed by atoms with E-state index in [1.54, 1.807) is 39.5 Å². The van der Waals surface area contributed by atoms with E-state index in [1.165, 1.54) is 0 Å². The minimum absolute atomic E-state index is 0.121. The molecule has 2 aromatic rings. The maximum absolute atomic E-state index is 12.2. The predicted molar refractivity (Wildman–Crippen MR) is 93.9 cm³/mol. The molecule has 0 unspecified atom stereocenters. The number of rotatable bonds is 7. The van der Waals surface area contributed by atoms with Gasteiger partial charge >= 0.3 is 0 Å². The van der Waals surface area contributed by atoms with Crippen LogP contribution in [0.5, 0.6) is 17.2 Å².